The molecule has 2 N–H and O–H groups in total. The molecule has 11 heteroatoms. The number of imidazole rings is 1. The van der Waals surface area contributed by atoms with Crippen LogP contribution in [0.15, 0.2) is 42.1 Å². The van der Waals surface area contributed by atoms with Crippen LogP contribution in [0.5, 0.6) is 0 Å². The fourth-order valence-electron chi connectivity index (χ4n) is 2.14. The van der Waals surface area contributed by atoms with Gasteiger partial charge in [0, 0.05) is 44.8 Å². The molecule has 0 aliphatic heterocycles. The first-order valence-electron chi connectivity index (χ1n) is 7.51. The minimum atomic E-state index is -3.61. The van der Waals surface area contributed by atoms with E-state index in [1.54, 1.807) is 47.7 Å². The Morgan fingerprint density at radius 2 is 2.08 bits per heavy atom. The summed E-state index contributed by atoms with van der Waals surface area (Å²) in [4.78, 5) is 12.4. The number of nitrogens with one attached hydrogen (secondary N) is 2. The molecule has 132 valence electrons. The Hall–Kier alpha value is -2.79. The number of anilines is 1. The second kappa shape index (κ2) is 6.99. The molecule has 10 nitrogen and oxygen atoms in total. The van der Waals surface area contributed by atoms with E-state index in [4.69, 9.17) is 0 Å². The van der Waals surface area contributed by atoms with E-state index in [0.29, 0.717) is 24.0 Å². The lowest BCUT2D eigenvalue weighted by Gasteiger charge is -2.09. The summed E-state index contributed by atoms with van der Waals surface area (Å²) in [6.07, 6.45) is 6.33. The highest BCUT2D eigenvalue weighted by molar-refractivity contribution is 7.89. The minimum Gasteiger partial charge on any atom is -0.369 e. The van der Waals surface area contributed by atoms with Gasteiger partial charge >= 0.3 is 0 Å². The third-order valence-corrected chi connectivity index (χ3v) is 4.59. The van der Waals surface area contributed by atoms with Gasteiger partial charge in [0.15, 0.2) is 10.8 Å². The number of hydrogen-bond acceptors (Lipinski definition) is 7. The Morgan fingerprint density at radius 1 is 1.24 bits per heavy atom. The smallest absolute Gasteiger partial charge is 0.259 e. The van der Waals surface area contributed by atoms with Crippen LogP contribution in [0.4, 0.5) is 5.82 Å². The average Bonchev–Trinajstić information content (AvgIpc) is 3.23. The maximum absolute atomic E-state index is 12.1. The molecule has 0 spiro atoms. The van der Waals surface area contributed by atoms with Crippen LogP contribution >= 0.6 is 0 Å². The van der Waals surface area contributed by atoms with Gasteiger partial charge in [-0.1, -0.05) is 0 Å². The lowest BCUT2D eigenvalue weighted by atomic mass is 10.4. The summed E-state index contributed by atoms with van der Waals surface area (Å²) < 4.78 is 29.8. The Morgan fingerprint density at radius 3 is 2.76 bits per heavy atom. The summed E-state index contributed by atoms with van der Waals surface area (Å²) in [6.45, 7) is 2.34. The molecule has 0 bridgehead atoms. The fourth-order valence-corrected chi connectivity index (χ4v) is 3.15. The van der Waals surface area contributed by atoms with Crippen molar-refractivity contribution < 1.29 is 8.42 Å². The van der Waals surface area contributed by atoms with Gasteiger partial charge in [0.1, 0.15) is 11.6 Å². The number of aromatic nitrogens is 6. The molecule has 0 aliphatic rings. The van der Waals surface area contributed by atoms with Crippen LogP contribution in [0.2, 0.25) is 0 Å². The summed E-state index contributed by atoms with van der Waals surface area (Å²) in [5.74, 6) is 1.81. The molecule has 0 saturated heterocycles. The highest BCUT2D eigenvalue weighted by Gasteiger charge is 2.16. The molecule has 3 heterocycles. The first-order valence-corrected chi connectivity index (χ1v) is 8.99. The van der Waals surface area contributed by atoms with Crippen molar-refractivity contribution in [2.24, 2.45) is 7.05 Å². The zero-order chi connectivity index (χ0) is 17.9. The van der Waals surface area contributed by atoms with Crippen LogP contribution in [0.1, 0.15) is 5.82 Å². The maximum Gasteiger partial charge on any atom is 0.259 e. The summed E-state index contributed by atoms with van der Waals surface area (Å²) in [6, 6.07) is 3.55. The van der Waals surface area contributed by atoms with Gasteiger partial charge in [-0.15, -0.1) is 0 Å². The highest BCUT2D eigenvalue weighted by atomic mass is 32.2. The van der Waals surface area contributed by atoms with Gasteiger partial charge in [-0.05, 0) is 13.0 Å². The predicted molar refractivity (Wildman–Crippen MR) is 90.8 cm³/mol. The van der Waals surface area contributed by atoms with E-state index >= 15 is 0 Å². The molecule has 0 fully saturated rings. The molecule has 25 heavy (non-hydrogen) atoms. The predicted octanol–water partition coefficient (Wildman–Crippen LogP) is 0.0946. The van der Waals surface area contributed by atoms with E-state index < -0.39 is 10.0 Å². The van der Waals surface area contributed by atoms with Crippen molar-refractivity contribution in [3.63, 3.8) is 0 Å². The second-order valence-corrected chi connectivity index (χ2v) is 7.02. The molecular formula is C14H18N8O2S. The molecule has 3 aromatic heterocycles. The molecular weight excluding hydrogens is 344 g/mol. The fraction of sp³-hybridized carbons (Fsp3) is 0.286. The molecule has 0 aliphatic carbocycles. The van der Waals surface area contributed by atoms with E-state index in [0.717, 1.165) is 0 Å². The van der Waals surface area contributed by atoms with E-state index in [2.05, 4.69) is 30.1 Å². The zero-order valence-corrected chi connectivity index (χ0v) is 14.6. The van der Waals surface area contributed by atoms with Gasteiger partial charge in [0.25, 0.3) is 10.0 Å². The molecule has 0 unspecified atom stereocenters. The van der Waals surface area contributed by atoms with E-state index in [1.165, 1.54) is 12.5 Å². The summed E-state index contributed by atoms with van der Waals surface area (Å²) in [7, 11) is -1.90. The van der Waals surface area contributed by atoms with Crippen molar-refractivity contribution in [1.29, 1.82) is 0 Å². The number of rotatable bonds is 7. The number of nitrogens with zero attached hydrogens (tertiary/aromatic N) is 6. The van der Waals surface area contributed by atoms with Crippen molar-refractivity contribution in [2.45, 2.75) is 11.9 Å². The molecule has 0 atom stereocenters. The molecule has 0 amide bonds. The van der Waals surface area contributed by atoms with E-state index in [-0.39, 0.29) is 11.6 Å². The van der Waals surface area contributed by atoms with Crippen LogP contribution in [-0.4, -0.2) is 50.8 Å². The summed E-state index contributed by atoms with van der Waals surface area (Å²) in [5.41, 5.74) is 0. The third kappa shape index (κ3) is 4.19. The number of aryl methyl sites for hydroxylation is 2. The lowest BCUT2D eigenvalue weighted by Crippen LogP contribution is -2.29. The van der Waals surface area contributed by atoms with Gasteiger partial charge in [-0.25, -0.2) is 32.8 Å². The molecule has 3 aromatic rings. The van der Waals surface area contributed by atoms with Crippen LogP contribution in [0.25, 0.3) is 5.82 Å². The van der Waals surface area contributed by atoms with E-state index in [1.807, 2.05) is 0 Å². The van der Waals surface area contributed by atoms with Crippen LogP contribution in [-0.2, 0) is 17.1 Å². The van der Waals surface area contributed by atoms with Crippen LogP contribution in [0.3, 0.4) is 0 Å². The lowest BCUT2D eigenvalue weighted by molar-refractivity contribution is 0.579. The Kier molecular flexibility index (Phi) is 4.76. The molecule has 0 radical (unpaired) electrons. The van der Waals surface area contributed by atoms with Gasteiger partial charge < -0.3 is 9.88 Å². The Balaban J connectivity index is 1.59. The van der Waals surface area contributed by atoms with Gasteiger partial charge in [0.05, 0.1) is 6.33 Å². The monoisotopic (exact) mass is 362 g/mol. The topological polar surface area (TPSA) is 120 Å². The Bertz CT molecular complexity index is 949. The van der Waals surface area contributed by atoms with Gasteiger partial charge in [-0.3, -0.25) is 0 Å². The van der Waals surface area contributed by atoms with Crippen molar-refractivity contribution in [2.75, 3.05) is 18.4 Å². The molecule has 0 aromatic carbocycles. The number of sulfonamides is 1. The number of hydrogen-bond donors (Lipinski definition) is 2. The highest BCUT2D eigenvalue weighted by Crippen LogP contribution is 2.10. The van der Waals surface area contributed by atoms with Crippen molar-refractivity contribution in [3.8, 4) is 5.82 Å². The average molecular weight is 362 g/mol. The third-order valence-electron chi connectivity index (χ3n) is 3.24. The Labute approximate surface area is 145 Å². The quantitative estimate of drug-likeness (QED) is 0.572. The first kappa shape index (κ1) is 17.0. The standard InChI is InChI=1S/C14H18N8O2S/c1-11-19-12(8-13(20-11)22-7-3-4-17-22)15-5-6-18-25(23,24)14-9-21(2)10-16-14/h3-4,7-10,18H,5-6H2,1-2H3,(H,15,19,20). The normalized spacial score (nSPS) is 11.6. The minimum absolute atomic E-state index is 0.00570. The molecule has 0 saturated carbocycles. The van der Waals surface area contributed by atoms with Gasteiger partial charge in [-0.2, -0.15) is 5.10 Å². The maximum atomic E-state index is 12.1. The second-order valence-electron chi connectivity index (χ2n) is 5.31. The van der Waals surface area contributed by atoms with E-state index in [9.17, 15) is 8.42 Å². The zero-order valence-electron chi connectivity index (χ0n) is 13.8. The summed E-state index contributed by atoms with van der Waals surface area (Å²) in [5, 5.41) is 7.20. The van der Waals surface area contributed by atoms with Crippen molar-refractivity contribution in [3.05, 3.63) is 42.9 Å². The summed E-state index contributed by atoms with van der Waals surface area (Å²) >= 11 is 0. The molecule has 3 rings (SSSR count). The SMILES string of the molecule is Cc1nc(NCCNS(=O)(=O)c2cn(C)cn2)cc(-n2cccn2)n1. The van der Waals surface area contributed by atoms with Crippen LogP contribution in [0, 0.1) is 6.92 Å². The van der Waals surface area contributed by atoms with Gasteiger partial charge in [0.2, 0.25) is 0 Å². The first-order chi connectivity index (χ1) is 11.9. The van der Waals surface area contributed by atoms with Crippen molar-refractivity contribution in [1.82, 2.24) is 34.0 Å². The largest absolute Gasteiger partial charge is 0.369 e. The van der Waals surface area contributed by atoms with Crippen molar-refractivity contribution >= 4 is 15.8 Å². The van der Waals surface area contributed by atoms with Crippen LogP contribution < -0.4 is 10.0 Å².